The van der Waals surface area contributed by atoms with Crippen molar-refractivity contribution in [1.29, 1.82) is 0 Å². The number of likely N-dealkylation sites (tertiary alicyclic amines) is 1. The zero-order valence-corrected chi connectivity index (χ0v) is 16.4. The van der Waals surface area contributed by atoms with Gasteiger partial charge in [0.25, 0.3) is 0 Å². The second-order valence-electron chi connectivity index (χ2n) is 7.48. The summed E-state index contributed by atoms with van der Waals surface area (Å²) in [5.41, 5.74) is 2.02. The molecule has 8 nitrogen and oxygen atoms in total. The number of nitrogens with zero attached hydrogens (tertiary/aromatic N) is 3. The molecule has 0 saturated carbocycles. The summed E-state index contributed by atoms with van der Waals surface area (Å²) in [5, 5.41) is 0.833. The highest BCUT2D eigenvalue weighted by Gasteiger charge is 2.36. The van der Waals surface area contributed by atoms with E-state index in [1.54, 1.807) is 12.4 Å². The molecule has 158 valence electrons. The summed E-state index contributed by atoms with van der Waals surface area (Å²) in [7, 11) is -3.56. The number of pyridine rings is 1. The van der Waals surface area contributed by atoms with Crippen molar-refractivity contribution in [2.24, 2.45) is 5.92 Å². The molecule has 3 aromatic rings. The number of aromatic amines is 2. The number of sulfonamides is 1. The van der Waals surface area contributed by atoms with Crippen LogP contribution < -0.4 is 4.72 Å². The molecule has 0 aliphatic carbocycles. The van der Waals surface area contributed by atoms with Gasteiger partial charge in [0.15, 0.2) is 0 Å². The van der Waals surface area contributed by atoms with Crippen molar-refractivity contribution in [3.8, 4) is 0 Å². The Morgan fingerprint density at radius 1 is 1.34 bits per heavy atom. The third-order valence-corrected chi connectivity index (χ3v) is 5.88. The van der Waals surface area contributed by atoms with E-state index in [0.29, 0.717) is 29.8 Å². The molecule has 0 spiro atoms. The maximum atomic E-state index is 12.6. The van der Waals surface area contributed by atoms with Gasteiger partial charge in [-0.15, -0.1) is 0 Å². The fourth-order valence-corrected chi connectivity index (χ4v) is 4.72. The van der Waals surface area contributed by atoms with E-state index in [2.05, 4.69) is 24.7 Å². The van der Waals surface area contributed by atoms with E-state index in [-0.39, 0.29) is 19.0 Å². The number of halogens is 3. The van der Waals surface area contributed by atoms with Gasteiger partial charge in [0, 0.05) is 11.6 Å². The van der Waals surface area contributed by atoms with E-state index in [1.165, 1.54) is 4.90 Å². The molecule has 0 radical (unpaired) electrons. The van der Waals surface area contributed by atoms with Gasteiger partial charge in [0.05, 0.1) is 30.6 Å². The van der Waals surface area contributed by atoms with Gasteiger partial charge in [-0.05, 0) is 37.9 Å². The third kappa shape index (κ3) is 4.54. The summed E-state index contributed by atoms with van der Waals surface area (Å²) in [5.74, 6) is 0.264. The average molecular weight is 430 g/mol. The van der Waals surface area contributed by atoms with Gasteiger partial charge >= 0.3 is 6.18 Å². The Labute approximate surface area is 164 Å². The third-order valence-electron chi connectivity index (χ3n) is 5.20. The van der Waals surface area contributed by atoms with Crippen molar-refractivity contribution in [1.82, 2.24) is 29.6 Å². The maximum absolute atomic E-state index is 12.6. The number of aromatic nitrogens is 4. The van der Waals surface area contributed by atoms with Crippen LogP contribution >= 0.6 is 0 Å². The summed E-state index contributed by atoms with van der Waals surface area (Å²) in [6, 6.07) is 1.20. The zero-order chi connectivity index (χ0) is 20.8. The van der Waals surface area contributed by atoms with Crippen molar-refractivity contribution in [2.75, 3.05) is 25.9 Å². The van der Waals surface area contributed by atoms with Crippen LogP contribution in [0.5, 0.6) is 0 Å². The molecular formula is C17H21F3N6O2S. The Bertz CT molecular complexity index is 1120. The number of piperidine rings is 1. The molecule has 1 atom stereocenters. The molecule has 0 aromatic carbocycles. The van der Waals surface area contributed by atoms with Gasteiger partial charge < -0.3 is 9.97 Å². The predicted molar refractivity (Wildman–Crippen MR) is 102 cm³/mol. The quantitative estimate of drug-likeness (QED) is 0.576. The molecule has 0 amide bonds. The van der Waals surface area contributed by atoms with Gasteiger partial charge in [-0.1, -0.05) is 0 Å². The molecular weight excluding hydrogens is 409 g/mol. The molecule has 29 heavy (non-hydrogen) atoms. The lowest BCUT2D eigenvalue weighted by atomic mass is 9.89. The first kappa shape index (κ1) is 20.1. The Kier molecular flexibility index (Phi) is 5.03. The van der Waals surface area contributed by atoms with Crippen molar-refractivity contribution in [3.05, 3.63) is 24.3 Å². The number of rotatable bonds is 5. The lowest BCUT2D eigenvalue weighted by Crippen LogP contribution is -2.43. The van der Waals surface area contributed by atoms with Crippen LogP contribution in [0.1, 0.15) is 24.7 Å². The monoisotopic (exact) mass is 430 g/mol. The van der Waals surface area contributed by atoms with Crippen molar-refractivity contribution < 1.29 is 21.6 Å². The van der Waals surface area contributed by atoms with Crippen LogP contribution in [-0.4, -0.2) is 65.3 Å². The molecule has 1 saturated heterocycles. The number of hydrogen-bond donors (Lipinski definition) is 3. The second-order valence-corrected chi connectivity index (χ2v) is 9.26. The maximum Gasteiger partial charge on any atom is 0.401 e. The number of H-pyrrole nitrogens is 2. The van der Waals surface area contributed by atoms with Crippen LogP contribution in [0.2, 0.25) is 0 Å². The van der Waals surface area contributed by atoms with Crippen molar-refractivity contribution in [3.63, 3.8) is 0 Å². The molecule has 4 heterocycles. The minimum atomic E-state index is -4.25. The molecule has 4 rings (SSSR count). The lowest BCUT2D eigenvalue weighted by Gasteiger charge is -2.35. The first-order chi connectivity index (χ1) is 13.6. The van der Waals surface area contributed by atoms with Crippen LogP contribution in [0.15, 0.2) is 18.5 Å². The highest BCUT2D eigenvalue weighted by Crippen LogP contribution is 2.33. The fourth-order valence-electron chi connectivity index (χ4n) is 3.95. The van der Waals surface area contributed by atoms with Crippen molar-refractivity contribution in [2.45, 2.75) is 25.1 Å². The van der Waals surface area contributed by atoms with Gasteiger partial charge in [0.2, 0.25) is 10.0 Å². The number of fused-ring (bicyclic) bond motifs is 3. The predicted octanol–water partition coefficient (Wildman–Crippen LogP) is 2.30. The minimum Gasteiger partial charge on any atom is -0.346 e. The SMILES string of the molecule is CS(=O)(=O)NC(c1nc2cnc3[nH]ccc3c2[nH]1)C1CCN(CC(F)(F)F)CC1. The first-order valence-electron chi connectivity index (χ1n) is 9.17. The molecule has 1 fully saturated rings. The van der Waals surface area contributed by atoms with Crippen LogP contribution in [-0.2, 0) is 10.0 Å². The van der Waals surface area contributed by atoms with E-state index in [9.17, 15) is 21.6 Å². The van der Waals surface area contributed by atoms with Crippen LogP contribution in [0.25, 0.3) is 22.1 Å². The number of imidazole rings is 1. The van der Waals surface area contributed by atoms with Gasteiger partial charge in [-0.3, -0.25) is 4.90 Å². The lowest BCUT2D eigenvalue weighted by molar-refractivity contribution is -0.148. The number of hydrogen-bond acceptors (Lipinski definition) is 5. The molecule has 0 bridgehead atoms. The first-order valence-corrected chi connectivity index (χ1v) is 11.1. The highest BCUT2D eigenvalue weighted by atomic mass is 32.2. The zero-order valence-electron chi connectivity index (χ0n) is 15.6. The summed E-state index contributed by atoms with van der Waals surface area (Å²) in [6.45, 7) is -0.461. The Hall–Kier alpha value is -2.18. The van der Waals surface area contributed by atoms with Gasteiger partial charge in [-0.25, -0.2) is 23.1 Å². The van der Waals surface area contributed by atoms with E-state index >= 15 is 0 Å². The number of alkyl halides is 3. The van der Waals surface area contributed by atoms with E-state index < -0.39 is 28.8 Å². The van der Waals surface area contributed by atoms with Crippen LogP contribution in [0, 0.1) is 5.92 Å². The Morgan fingerprint density at radius 3 is 2.72 bits per heavy atom. The van der Waals surface area contributed by atoms with Crippen molar-refractivity contribution >= 4 is 32.1 Å². The second kappa shape index (κ2) is 7.26. The molecule has 1 unspecified atom stereocenters. The Balaban J connectivity index is 1.62. The fraction of sp³-hybridized carbons (Fsp3) is 0.529. The molecule has 12 heteroatoms. The molecule has 1 aliphatic rings. The highest BCUT2D eigenvalue weighted by molar-refractivity contribution is 7.88. The van der Waals surface area contributed by atoms with Gasteiger partial charge in [0.1, 0.15) is 17.0 Å². The number of nitrogens with one attached hydrogen (secondary N) is 3. The minimum absolute atomic E-state index is 0.176. The van der Waals surface area contributed by atoms with Crippen LogP contribution in [0.3, 0.4) is 0 Å². The molecule has 1 aliphatic heterocycles. The smallest absolute Gasteiger partial charge is 0.346 e. The summed E-state index contributed by atoms with van der Waals surface area (Å²) >= 11 is 0. The largest absolute Gasteiger partial charge is 0.401 e. The summed E-state index contributed by atoms with van der Waals surface area (Å²) in [6.07, 6.45) is 1.02. The standard InChI is InChI=1S/C17H21F3N6O2S/c1-29(27,28)25-13(10-3-6-26(7-4-10)9-17(18,19)20)16-23-12-8-22-15-11(2-5-21-15)14(12)24-16/h2,5,8,10,13,25H,3-4,6-7,9H2,1H3,(H,21,22)(H,23,24). The average Bonchev–Trinajstić information content (AvgIpc) is 3.24. The van der Waals surface area contributed by atoms with Gasteiger partial charge in [-0.2, -0.15) is 13.2 Å². The normalized spacial score (nSPS) is 18.6. The van der Waals surface area contributed by atoms with Crippen LogP contribution in [0.4, 0.5) is 13.2 Å². The topological polar surface area (TPSA) is 107 Å². The molecule has 3 N–H and O–H groups in total. The van der Waals surface area contributed by atoms with E-state index in [0.717, 1.165) is 17.2 Å². The summed E-state index contributed by atoms with van der Waals surface area (Å²) < 4.78 is 64.5. The molecule has 3 aromatic heterocycles. The Morgan fingerprint density at radius 2 is 2.07 bits per heavy atom. The van der Waals surface area contributed by atoms with E-state index in [1.807, 2.05) is 6.07 Å². The van der Waals surface area contributed by atoms with E-state index in [4.69, 9.17) is 0 Å². The summed E-state index contributed by atoms with van der Waals surface area (Å²) in [4.78, 5) is 16.4.